The number of fused-ring (bicyclic) bond motifs is 1. The van der Waals surface area contributed by atoms with Gasteiger partial charge in [-0.05, 0) is 53.8 Å². The summed E-state index contributed by atoms with van der Waals surface area (Å²) in [5.74, 6) is -0.491. The molecule has 0 bridgehead atoms. The van der Waals surface area contributed by atoms with E-state index in [9.17, 15) is 8.78 Å². The van der Waals surface area contributed by atoms with Crippen molar-refractivity contribution in [2.45, 2.75) is 25.5 Å². The second-order valence-electron chi connectivity index (χ2n) is 5.07. The molecule has 2 aromatic rings. The average molecular weight is 275 g/mol. The summed E-state index contributed by atoms with van der Waals surface area (Å²) in [7, 11) is 0. The lowest BCUT2D eigenvalue weighted by atomic mass is 10.1. The first-order valence-electron chi connectivity index (χ1n) is 6.58. The topological polar surface area (TPSA) is 35.2 Å². The van der Waals surface area contributed by atoms with Gasteiger partial charge in [0.15, 0.2) is 0 Å². The van der Waals surface area contributed by atoms with Gasteiger partial charge in [0.2, 0.25) is 0 Å². The second-order valence-corrected chi connectivity index (χ2v) is 5.07. The van der Waals surface area contributed by atoms with Gasteiger partial charge < -0.3 is 10.5 Å². The minimum absolute atomic E-state index is 0.108. The molecule has 104 valence electrons. The Morgan fingerprint density at radius 3 is 2.60 bits per heavy atom. The van der Waals surface area contributed by atoms with E-state index in [1.54, 1.807) is 0 Å². The van der Waals surface area contributed by atoms with Crippen molar-refractivity contribution < 1.29 is 13.5 Å². The molecule has 2 nitrogen and oxygen atoms in total. The van der Waals surface area contributed by atoms with Gasteiger partial charge in [-0.15, -0.1) is 0 Å². The Labute approximate surface area is 116 Å². The third-order valence-electron chi connectivity index (χ3n) is 3.57. The molecule has 2 aromatic carbocycles. The van der Waals surface area contributed by atoms with Gasteiger partial charge in [-0.1, -0.05) is 6.07 Å². The highest BCUT2D eigenvalue weighted by Gasteiger charge is 2.19. The van der Waals surface area contributed by atoms with E-state index in [1.165, 1.54) is 17.7 Å². The number of aryl methyl sites for hydroxylation is 1. The Morgan fingerprint density at radius 2 is 1.85 bits per heavy atom. The van der Waals surface area contributed by atoms with Crippen LogP contribution < -0.4 is 10.5 Å². The van der Waals surface area contributed by atoms with Crippen molar-refractivity contribution in [1.29, 1.82) is 0 Å². The van der Waals surface area contributed by atoms with E-state index in [0.29, 0.717) is 11.3 Å². The summed E-state index contributed by atoms with van der Waals surface area (Å²) in [5, 5.41) is 0. The van der Waals surface area contributed by atoms with Crippen molar-refractivity contribution in [3.63, 3.8) is 0 Å². The molecule has 0 saturated heterocycles. The van der Waals surface area contributed by atoms with Crippen LogP contribution >= 0.6 is 0 Å². The molecule has 4 heteroatoms. The first-order valence-corrected chi connectivity index (χ1v) is 6.58. The van der Waals surface area contributed by atoms with Crippen molar-refractivity contribution in [1.82, 2.24) is 0 Å². The standard InChI is InChI=1S/C16H15F2NO/c17-12-5-10(6-13(18)8-12)9-20-14-2-3-15-11(7-14)1-4-16(15)19/h2-3,5-8,16H,1,4,9,19H2/t16-/m0/s1. The number of nitrogens with two attached hydrogens (primary N) is 1. The summed E-state index contributed by atoms with van der Waals surface area (Å²) in [6.45, 7) is 0.138. The lowest BCUT2D eigenvalue weighted by Crippen LogP contribution is -2.05. The Hall–Kier alpha value is -1.94. The molecule has 0 spiro atoms. The fourth-order valence-electron chi connectivity index (χ4n) is 2.58. The Balaban J connectivity index is 1.72. The fraction of sp³-hybridized carbons (Fsp3) is 0.250. The minimum atomic E-state index is -0.594. The molecule has 20 heavy (non-hydrogen) atoms. The van der Waals surface area contributed by atoms with Crippen LogP contribution in [0.2, 0.25) is 0 Å². The molecule has 0 saturated carbocycles. The third kappa shape index (κ3) is 2.65. The van der Waals surface area contributed by atoms with Gasteiger partial charge in [0.25, 0.3) is 0 Å². The number of halogens is 2. The van der Waals surface area contributed by atoms with Crippen LogP contribution in [0.3, 0.4) is 0 Å². The second kappa shape index (κ2) is 5.21. The summed E-state index contributed by atoms with van der Waals surface area (Å²) in [5.41, 5.74) is 8.80. The quantitative estimate of drug-likeness (QED) is 0.930. The highest BCUT2D eigenvalue weighted by molar-refractivity contribution is 5.40. The van der Waals surface area contributed by atoms with Crippen LogP contribution in [0.5, 0.6) is 5.75 Å². The molecule has 0 fully saturated rings. The van der Waals surface area contributed by atoms with E-state index in [-0.39, 0.29) is 12.6 Å². The molecule has 0 aromatic heterocycles. The summed E-state index contributed by atoms with van der Waals surface area (Å²) in [4.78, 5) is 0. The zero-order valence-electron chi connectivity index (χ0n) is 10.9. The number of rotatable bonds is 3. The number of hydrogen-bond acceptors (Lipinski definition) is 2. The van der Waals surface area contributed by atoms with E-state index in [0.717, 1.165) is 24.5 Å². The van der Waals surface area contributed by atoms with Crippen LogP contribution in [0.25, 0.3) is 0 Å². The smallest absolute Gasteiger partial charge is 0.126 e. The zero-order valence-corrected chi connectivity index (χ0v) is 10.9. The van der Waals surface area contributed by atoms with E-state index in [1.807, 2.05) is 18.2 Å². The first kappa shape index (κ1) is 13.1. The molecule has 0 radical (unpaired) electrons. The molecular formula is C16H15F2NO. The Kier molecular flexibility index (Phi) is 3.40. The van der Waals surface area contributed by atoms with Crippen molar-refractivity contribution >= 4 is 0 Å². The van der Waals surface area contributed by atoms with E-state index >= 15 is 0 Å². The van der Waals surface area contributed by atoms with E-state index < -0.39 is 11.6 Å². The molecule has 0 amide bonds. The average Bonchev–Trinajstić information content (AvgIpc) is 2.77. The van der Waals surface area contributed by atoms with Gasteiger partial charge in [0, 0.05) is 12.1 Å². The Bertz CT molecular complexity index is 622. The van der Waals surface area contributed by atoms with Crippen LogP contribution in [0.15, 0.2) is 36.4 Å². The molecule has 2 N–H and O–H groups in total. The molecule has 1 aliphatic carbocycles. The van der Waals surface area contributed by atoms with Crippen LogP contribution in [-0.2, 0) is 13.0 Å². The zero-order chi connectivity index (χ0) is 14.1. The van der Waals surface area contributed by atoms with Gasteiger partial charge in [-0.3, -0.25) is 0 Å². The highest BCUT2D eigenvalue weighted by Crippen LogP contribution is 2.32. The van der Waals surface area contributed by atoms with Gasteiger partial charge >= 0.3 is 0 Å². The summed E-state index contributed by atoms with van der Waals surface area (Å²) in [6, 6.07) is 9.27. The Morgan fingerprint density at radius 1 is 1.10 bits per heavy atom. The van der Waals surface area contributed by atoms with Crippen LogP contribution in [0.1, 0.15) is 29.2 Å². The molecule has 1 atom stereocenters. The molecule has 0 aliphatic heterocycles. The van der Waals surface area contributed by atoms with Gasteiger partial charge in [0.05, 0.1) is 0 Å². The minimum Gasteiger partial charge on any atom is -0.489 e. The number of ether oxygens (including phenoxy) is 1. The predicted octanol–water partition coefficient (Wildman–Crippen LogP) is 3.49. The summed E-state index contributed by atoms with van der Waals surface area (Å²) >= 11 is 0. The monoisotopic (exact) mass is 275 g/mol. The molecule has 1 aliphatic rings. The van der Waals surface area contributed by atoms with Crippen LogP contribution in [0, 0.1) is 11.6 Å². The predicted molar refractivity (Wildman–Crippen MR) is 72.4 cm³/mol. The maximum absolute atomic E-state index is 13.1. The van der Waals surface area contributed by atoms with Crippen molar-refractivity contribution in [2.24, 2.45) is 5.73 Å². The van der Waals surface area contributed by atoms with Gasteiger partial charge in [-0.25, -0.2) is 8.78 Å². The van der Waals surface area contributed by atoms with Crippen LogP contribution in [-0.4, -0.2) is 0 Å². The lowest BCUT2D eigenvalue weighted by Gasteiger charge is -2.09. The van der Waals surface area contributed by atoms with Crippen LogP contribution in [0.4, 0.5) is 8.78 Å². The third-order valence-corrected chi connectivity index (χ3v) is 3.57. The van der Waals surface area contributed by atoms with E-state index in [4.69, 9.17) is 10.5 Å². The largest absolute Gasteiger partial charge is 0.489 e. The normalized spacial score (nSPS) is 17.1. The van der Waals surface area contributed by atoms with Crippen molar-refractivity contribution in [3.8, 4) is 5.75 Å². The van der Waals surface area contributed by atoms with E-state index in [2.05, 4.69) is 0 Å². The number of benzene rings is 2. The maximum Gasteiger partial charge on any atom is 0.126 e. The molecule has 0 unspecified atom stereocenters. The van der Waals surface area contributed by atoms with Crippen molar-refractivity contribution in [3.05, 3.63) is 64.7 Å². The van der Waals surface area contributed by atoms with Gasteiger partial charge in [-0.2, -0.15) is 0 Å². The summed E-state index contributed by atoms with van der Waals surface area (Å²) in [6.07, 6.45) is 1.90. The number of hydrogen-bond donors (Lipinski definition) is 1. The molecule has 0 heterocycles. The molecule has 3 rings (SSSR count). The maximum atomic E-state index is 13.1. The van der Waals surface area contributed by atoms with Gasteiger partial charge in [0.1, 0.15) is 24.0 Å². The lowest BCUT2D eigenvalue weighted by molar-refractivity contribution is 0.304. The first-order chi connectivity index (χ1) is 9.61. The SMILES string of the molecule is N[C@H]1CCc2cc(OCc3cc(F)cc(F)c3)ccc21. The summed E-state index contributed by atoms with van der Waals surface area (Å²) < 4.78 is 31.7. The van der Waals surface area contributed by atoms with Crippen molar-refractivity contribution in [2.75, 3.05) is 0 Å². The fourth-order valence-corrected chi connectivity index (χ4v) is 2.58. The highest BCUT2D eigenvalue weighted by atomic mass is 19.1. The molecular weight excluding hydrogens is 260 g/mol.